The number of hydrogen-bond donors (Lipinski definition) is 1. The Bertz CT molecular complexity index is 1200. The lowest BCUT2D eigenvalue weighted by atomic mass is 10.1. The van der Waals surface area contributed by atoms with E-state index in [0.717, 1.165) is 27.6 Å². The SMILES string of the molecule is CCNC(=O)[C@@H](CC)N(CCc1ccccc1)C(=O)CCCN1C(=O)c2cccc3cccc1c23. The molecule has 0 radical (unpaired) electrons. The molecule has 0 bridgehead atoms. The maximum atomic E-state index is 13.4. The molecule has 182 valence electrons. The largest absolute Gasteiger partial charge is 0.355 e. The molecule has 3 aromatic carbocycles. The van der Waals surface area contributed by atoms with Crippen molar-refractivity contribution in [2.75, 3.05) is 24.5 Å². The van der Waals surface area contributed by atoms with Crippen LogP contribution in [0.2, 0.25) is 0 Å². The van der Waals surface area contributed by atoms with E-state index in [4.69, 9.17) is 0 Å². The lowest BCUT2D eigenvalue weighted by molar-refractivity contribution is -0.140. The van der Waals surface area contributed by atoms with E-state index in [1.54, 1.807) is 9.80 Å². The van der Waals surface area contributed by atoms with Crippen LogP contribution in [0.1, 0.15) is 49.0 Å². The van der Waals surface area contributed by atoms with E-state index in [2.05, 4.69) is 5.32 Å². The summed E-state index contributed by atoms with van der Waals surface area (Å²) >= 11 is 0. The number of anilines is 1. The van der Waals surface area contributed by atoms with Crippen molar-refractivity contribution in [3.63, 3.8) is 0 Å². The van der Waals surface area contributed by atoms with Gasteiger partial charge in [-0.05, 0) is 49.3 Å². The summed E-state index contributed by atoms with van der Waals surface area (Å²) in [4.78, 5) is 42.7. The molecular formula is C29H33N3O3. The summed E-state index contributed by atoms with van der Waals surface area (Å²) in [6.07, 6.45) is 2.04. The maximum absolute atomic E-state index is 13.4. The van der Waals surface area contributed by atoms with Crippen molar-refractivity contribution in [2.45, 2.75) is 45.6 Å². The van der Waals surface area contributed by atoms with E-state index in [-0.39, 0.29) is 24.1 Å². The first-order valence-corrected chi connectivity index (χ1v) is 12.5. The average molecular weight is 472 g/mol. The second kappa shape index (κ2) is 11.2. The fourth-order valence-electron chi connectivity index (χ4n) is 4.92. The molecule has 0 saturated carbocycles. The Morgan fingerprint density at radius 3 is 2.43 bits per heavy atom. The van der Waals surface area contributed by atoms with Gasteiger partial charge in [0.1, 0.15) is 6.04 Å². The number of carbonyl (C=O) groups excluding carboxylic acids is 3. The monoisotopic (exact) mass is 471 g/mol. The minimum Gasteiger partial charge on any atom is -0.355 e. The van der Waals surface area contributed by atoms with Crippen LogP contribution in [-0.2, 0) is 16.0 Å². The van der Waals surface area contributed by atoms with Gasteiger partial charge in [-0.3, -0.25) is 14.4 Å². The summed E-state index contributed by atoms with van der Waals surface area (Å²) < 4.78 is 0. The molecule has 0 fully saturated rings. The molecule has 6 nitrogen and oxygen atoms in total. The first-order chi connectivity index (χ1) is 17.0. The smallest absolute Gasteiger partial charge is 0.258 e. The normalized spacial score (nSPS) is 13.2. The zero-order chi connectivity index (χ0) is 24.8. The number of amides is 3. The predicted octanol–water partition coefficient (Wildman–Crippen LogP) is 4.57. The molecule has 1 atom stereocenters. The van der Waals surface area contributed by atoms with Crippen LogP contribution in [0.5, 0.6) is 0 Å². The van der Waals surface area contributed by atoms with Gasteiger partial charge in [0.25, 0.3) is 5.91 Å². The number of likely N-dealkylation sites (N-methyl/N-ethyl adjacent to an activating group) is 1. The number of nitrogens with one attached hydrogen (secondary N) is 1. The van der Waals surface area contributed by atoms with E-state index < -0.39 is 6.04 Å². The number of rotatable bonds is 11. The van der Waals surface area contributed by atoms with Gasteiger partial charge in [-0.15, -0.1) is 0 Å². The molecule has 4 rings (SSSR count). The third kappa shape index (κ3) is 5.21. The Kier molecular flexibility index (Phi) is 7.80. The summed E-state index contributed by atoms with van der Waals surface area (Å²) in [5, 5.41) is 4.90. The van der Waals surface area contributed by atoms with Crippen LogP contribution in [0.15, 0.2) is 66.7 Å². The molecule has 3 aromatic rings. The number of benzene rings is 3. The molecule has 1 aliphatic rings. The maximum Gasteiger partial charge on any atom is 0.258 e. The molecule has 6 heteroatoms. The molecule has 0 spiro atoms. The van der Waals surface area contributed by atoms with Crippen molar-refractivity contribution in [3.05, 3.63) is 77.9 Å². The van der Waals surface area contributed by atoms with Crippen molar-refractivity contribution in [2.24, 2.45) is 0 Å². The molecule has 3 amide bonds. The van der Waals surface area contributed by atoms with E-state index in [0.29, 0.717) is 38.9 Å². The summed E-state index contributed by atoms with van der Waals surface area (Å²) in [5.41, 5.74) is 2.76. The Labute approximate surface area is 206 Å². The molecule has 35 heavy (non-hydrogen) atoms. The van der Waals surface area contributed by atoms with Gasteiger partial charge in [-0.25, -0.2) is 0 Å². The Morgan fingerprint density at radius 1 is 0.971 bits per heavy atom. The highest BCUT2D eigenvalue weighted by atomic mass is 16.2. The second-order valence-electron chi connectivity index (χ2n) is 8.88. The Morgan fingerprint density at radius 2 is 1.71 bits per heavy atom. The molecule has 0 aromatic heterocycles. The summed E-state index contributed by atoms with van der Waals surface area (Å²) in [6.45, 7) is 5.28. The zero-order valence-corrected chi connectivity index (χ0v) is 20.5. The lowest BCUT2D eigenvalue weighted by Gasteiger charge is -2.31. The fourth-order valence-corrected chi connectivity index (χ4v) is 4.92. The van der Waals surface area contributed by atoms with Crippen molar-refractivity contribution in [3.8, 4) is 0 Å². The minimum absolute atomic E-state index is 0.0149. The number of nitrogens with zero attached hydrogens (tertiary/aromatic N) is 2. The topological polar surface area (TPSA) is 69.7 Å². The van der Waals surface area contributed by atoms with E-state index in [1.165, 1.54) is 0 Å². The van der Waals surface area contributed by atoms with Gasteiger partial charge in [0.2, 0.25) is 11.8 Å². The highest BCUT2D eigenvalue weighted by Gasteiger charge is 2.31. The van der Waals surface area contributed by atoms with E-state index in [1.807, 2.05) is 80.6 Å². The van der Waals surface area contributed by atoms with Crippen LogP contribution in [-0.4, -0.2) is 48.3 Å². The highest BCUT2D eigenvalue weighted by molar-refractivity contribution is 6.25. The molecule has 0 unspecified atom stereocenters. The lowest BCUT2D eigenvalue weighted by Crippen LogP contribution is -2.50. The van der Waals surface area contributed by atoms with Gasteiger partial charge in [-0.1, -0.05) is 61.5 Å². The van der Waals surface area contributed by atoms with Gasteiger partial charge in [0.05, 0.1) is 5.69 Å². The van der Waals surface area contributed by atoms with E-state index >= 15 is 0 Å². The van der Waals surface area contributed by atoms with Crippen LogP contribution in [0.25, 0.3) is 10.8 Å². The minimum atomic E-state index is -0.502. The number of carbonyl (C=O) groups is 3. The van der Waals surface area contributed by atoms with Gasteiger partial charge in [0, 0.05) is 37.0 Å². The van der Waals surface area contributed by atoms with Crippen LogP contribution >= 0.6 is 0 Å². The van der Waals surface area contributed by atoms with Gasteiger partial charge in [0.15, 0.2) is 0 Å². The molecule has 0 aliphatic carbocycles. The van der Waals surface area contributed by atoms with Crippen LogP contribution in [0, 0.1) is 0 Å². The van der Waals surface area contributed by atoms with Crippen molar-refractivity contribution in [1.29, 1.82) is 0 Å². The average Bonchev–Trinajstić information content (AvgIpc) is 3.15. The van der Waals surface area contributed by atoms with Crippen LogP contribution in [0.4, 0.5) is 5.69 Å². The summed E-state index contributed by atoms with van der Waals surface area (Å²) in [6, 6.07) is 21.2. The van der Waals surface area contributed by atoms with Gasteiger partial charge in [-0.2, -0.15) is 0 Å². The molecule has 1 aliphatic heterocycles. The molecule has 1 N–H and O–H groups in total. The van der Waals surface area contributed by atoms with Gasteiger partial charge >= 0.3 is 0 Å². The molecular weight excluding hydrogens is 438 g/mol. The third-order valence-corrected chi connectivity index (χ3v) is 6.64. The standard InChI is InChI=1S/C29H33N3O3/c1-3-24(28(34)30-4-2)31(20-18-21-11-6-5-7-12-21)26(33)17-10-19-32-25-16-9-14-22-13-8-15-23(27(22)25)29(32)35/h5-9,11-16,24H,3-4,10,17-20H2,1-2H3,(H,30,34)/t24-/m1/s1. The Balaban J connectivity index is 1.44. The number of hydrogen-bond acceptors (Lipinski definition) is 3. The van der Waals surface area contributed by atoms with Crippen molar-refractivity contribution >= 4 is 34.2 Å². The summed E-state index contributed by atoms with van der Waals surface area (Å²) in [5.74, 6) is -0.186. The van der Waals surface area contributed by atoms with Gasteiger partial charge < -0.3 is 15.1 Å². The zero-order valence-electron chi connectivity index (χ0n) is 20.5. The van der Waals surface area contributed by atoms with Crippen LogP contribution < -0.4 is 10.2 Å². The highest BCUT2D eigenvalue weighted by Crippen LogP contribution is 2.37. The first-order valence-electron chi connectivity index (χ1n) is 12.5. The summed E-state index contributed by atoms with van der Waals surface area (Å²) in [7, 11) is 0. The predicted molar refractivity (Wildman–Crippen MR) is 139 cm³/mol. The first kappa shape index (κ1) is 24.5. The van der Waals surface area contributed by atoms with Crippen molar-refractivity contribution in [1.82, 2.24) is 10.2 Å². The molecule has 0 saturated heterocycles. The quantitative estimate of drug-likeness (QED) is 0.446. The third-order valence-electron chi connectivity index (χ3n) is 6.64. The van der Waals surface area contributed by atoms with Crippen LogP contribution in [0.3, 0.4) is 0 Å². The second-order valence-corrected chi connectivity index (χ2v) is 8.88. The Hall–Kier alpha value is -3.67. The van der Waals surface area contributed by atoms with E-state index in [9.17, 15) is 14.4 Å². The fraction of sp³-hybridized carbons (Fsp3) is 0.345. The molecule has 1 heterocycles. The van der Waals surface area contributed by atoms with Crippen molar-refractivity contribution < 1.29 is 14.4 Å².